The summed E-state index contributed by atoms with van der Waals surface area (Å²) in [6.07, 6.45) is 20.7. The molecule has 1 heterocycles. The standard InChI is InChI=1S/C39H39N/c1-9-14-24-39-29(8)28(7)38(19-11-3)40(39)31-21-17-20-30(26-31)27(6)25-37-33(13-5)32(12-4)34(18-10-2)35-22-15-16-23-36(35)37/h9-26H,1,4-5H2,2-3,6-8H3/b18-10-,19-11-,24-14-,27-25+. The predicted octanol–water partition coefficient (Wildman–Crippen LogP) is 11.4. The molecule has 0 saturated carbocycles. The van der Waals surface area contributed by atoms with Crippen molar-refractivity contribution in [3.63, 3.8) is 0 Å². The van der Waals surface area contributed by atoms with Gasteiger partial charge in [-0.2, -0.15) is 0 Å². The van der Waals surface area contributed by atoms with E-state index in [0.29, 0.717) is 0 Å². The molecule has 0 N–H and O–H groups in total. The molecule has 0 radical (unpaired) electrons. The molecule has 0 amide bonds. The van der Waals surface area contributed by atoms with Gasteiger partial charge >= 0.3 is 0 Å². The monoisotopic (exact) mass is 521 g/mol. The van der Waals surface area contributed by atoms with Crippen LogP contribution < -0.4 is 0 Å². The van der Waals surface area contributed by atoms with Gasteiger partial charge in [-0.1, -0.05) is 105 Å². The van der Waals surface area contributed by atoms with E-state index in [1.54, 1.807) is 0 Å². The van der Waals surface area contributed by atoms with Crippen LogP contribution >= 0.6 is 0 Å². The van der Waals surface area contributed by atoms with Gasteiger partial charge in [0.2, 0.25) is 0 Å². The number of hydrogen-bond acceptors (Lipinski definition) is 0. The zero-order valence-electron chi connectivity index (χ0n) is 24.5. The molecule has 0 aliphatic rings. The molecular weight excluding hydrogens is 482 g/mol. The Morgan fingerprint density at radius 3 is 1.90 bits per heavy atom. The number of allylic oxidation sites excluding steroid dienone is 5. The van der Waals surface area contributed by atoms with Crippen LogP contribution in [0.15, 0.2) is 92.6 Å². The van der Waals surface area contributed by atoms with Gasteiger partial charge in [0.25, 0.3) is 0 Å². The average molecular weight is 522 g/mol. The van der Waals surface area contributed by atoms with Crippen LogP contribution in [0.2, 0.25) is 0 Å². The first-order valence-electron chi connectivity index (χ1n) is 13.8. The van der Waals surface area contributed by atoms with E-state index in [1.807, 2.05) is 31.2 Å². The Hall–Kier alpha value is -4.62. The Balaban J connectivity index is 1.97. The number of benzene rings is 3. The predicted molar refractivity (Wildman–Crippen MR) is 182 cm³/mol. The molecule has 0 aliphatic carbocycles. The average Bonchev–Trinajstić information content (AvgIpc) is 3.21. The van der Waals surface area contributed by atoms with Gasteiger partial charge in [0.05, 0.1) is 0 Å². The number of fused-ring (bicyclic) bond motifs is 1. The molecule has 3 aromatic carbocycles. The van der Waals surface area contributed by atoms with Gasteiger partial charge < -0.3 is 4.57 Å². The Labute approximate surface area is 240 Å². The third-order valence-corrected chi connectivity index (χ3v) is 7.57. The maximum Gasteiger partial charge on any atom is 0.0494 e. The zero-order valence-corrected chi connectivity index (χ0v) is 24.5. The lowest BCUT2D eigenvalue weighted by Crippen LogP contribution is -2.01. The highest BCUT2D eigenvalue weighted by Crippen LogP contribution is 2.36. The summed E-state index contributed by atoms with van der Waals surface area (Å²) in [5, 5.41) is 2.41. The Kier molecular flexibility index (Phi) is 8.86. The fourth-order valence-electron chi connectivity index (χ4n) is 5.51. The largest absolute Gasteiger partial charge is 0.310 e. The van der Waals surface area contributed by atoms with Gasteiger partial charge in [0.15, 0.2) is 0 Å². The molecule has 0 aliphatic heterocycles. The third kappa shape index (κ3) is 5.16. The van der Waals surface area contributed by atoms with Crippen molar-refractivity contribution < 1.29 is 0 Å². The normalized spacial score (nSPS) is 12.3. The molecule has 1 aromatic heterocycles. The molecule has 1 heteroatoms. The molecule has 0 spiro atoms. The van der Waals surface area contributed by atoms with Gasteiger partial charge in [0, 0.05) is 17.1 Å². The molecule has 200 valence electrons. The number of nitrogens with zero attached hydrogens (tertiary/aromatic N) is 1. The summed E-state index contributed by atoms with van der Waals surface area (Å²) in [6.45, 7) is 22.9. The van der Waals surface area contributed by atoms with Crippen molar-refractivity contribution in [1.29, 1.82) is 0 Å². The number of hydrogen-bond donors (Lipinski definition) is 0. The second-order valence-electron chi connectivity index (χ2n) is 9.94. The van der Waals surface area contributed by atoms with E-state index in [4.69, 9.17) is 0 Å². The maximum atomic E-state index is 4.19. The quantitative estimate of drug-likeness (QED) is 0.152. The zero-order chi connectivity index (χ0) is 28.8. The van der Waals surface area contributed by atoms with Crippen LogP contribution in [0.25, 0.3) is 58.5 Å². The fourth-order valence-corrected chi connectivity index (χ4v) is 5.51. The van der Waals surface area contributed by atoms with Crippen LogP contribution in [0.4, 0.5) is 0 Å². The molecular formula is C39H39N. The Morgan fingerprint density at radius 1 is 0.700 bits per heavy atom. The first kappa shape index (κ1) is 28.4. The molecule has 4 rings (SSSR count). The molecule has 0 fully saturated rings. The van der Waals surface area contributed by atoms with E-state index in [2.05, 4.69) is 137 Å². The number of rotatable bonds is 9. The van der Waals surface area contributed by atoms with Crippen LogP contribution in [0, 0.1) is 13.8 Å². The fraction of sp³-hybridized carbons (Fsp3) is 0.128. The summed E-state index contributed by atoms with van der Waals surface area (Å²) in [6, 6.07) is 17.4. The topological polar surface area (TPSA) is 4.93 Å². The number of aromatic nitrogens is 1. The van der Waals surface area contributed by atoms with Crippen LogP contribution in [-0.4, -0.2) is 4.57 Å². The minimum Gasteiger partial charge on any atom is -0.310 e. The van der Waals surface area contributed by atoms with E-state index < -0.39 is 0 Å². The molecule has 0 bridgehead atoms. The second kappa shape index (κ2) is 12.5. The maximum absolute atomic E-state index is 4.19. The molecule has 40 heavy (non-hydrogen) atoms. The lowest BCUT2D eigenvalue weighted by molar-refractivity contribution is 1.03. The van der Waals surface area contributed by atoms with Crippen molar-refractivity contribution in [2.45, 2.75) is 34.6 Å². The van der Waals surface area contributed by atoms with Crippen molar-refractivity contribution in [3.8, 4) is 5.69 Å². The SMILES string of the molecule is C=C/C=C\c1c(C)c(C)c(/C=C\C)n1-c1cccc(/C(C)=C/c2c(C=C)c(C=C)c(/C=C\C)c3ccccc23)c1. The molecule has 4 aromatic rings. The van der Waals surface area contributed by atoms with Crippen LogP contribution in [-0.2, 0) is 0 Å². The van der Waals surface area contributed by atoms with E-state index in [1.165, 1.54) is 50.0 Å². The second-order valence-corrected chi connectivity index (χ2v) is 9.94. The van der Waals surface area contributed by atoms with Gasteiger partial charge in [0.1, 0.15) is 0 Å². The van der Waals surface area contributed by atoms with Crippen LogP contribution in [0.5, 0.6) is 0 Å². The summed E-state index contributed by atoms with van der Waals surface area (Å²) in [5.41, 5.74) is 12.9. The van der Waals surface area contributed by atoms with Crippen molar-refractivity contribution in [2.75, 3.05) is 0 Å². The Morgan fingerprint density at radius 2 is 1.30 bits per heavy atom. The lowest BCUT2D eigenvalue weighted by atomic mass is 9.87. The molecule has 0 saturated heterocycles. The van der Waals surface area contributed by atoms with Crippen LogP contribution in [0.3, 0.4) is 0 Å². The summed E-state index contributed by atoms with van der Waals surface area (Å²) >= 11 is 0. The van der Waals surface area contributed by atoms with E-state index >= 15 is 0 Å². The summed E-state index contributed by atoms with van der Waals surface area (Å²) in [5.74, 6) is 0. The van der Waals surface area contributed by atoms with Gasteiger partial charge in [-0.15, -0.1) is 0 Å². The summed E-state index contributed by atoms with van der Waals surface area (Å²) < 4.78 is 2.34. The smallest absolute Gasteiger partial charge is 0.0494 e. The highest BCUT2D eigenvalue weighted by Gasteiger charge is 2.17. The van der Waals surface area contributed by atoms with Crippen molar-refractivity contribution in [2.24, 2.45) is 0 Å². The molecule has 0 unspecified atom stereocenters. The highest BCUT2D eigenvalue weighted by molar-refractivity contribution is 6.05. The molecule has 1 nitrogen and oxygen atoms in total. The Bertz CT molecular complexity index is 1730. The molecule has 0 atom stereocenters. The summed E-state index contributed by atoms with van der Waals surface area (Å²) in [4.78, 5) is 0. The minimum atomic E-state index is 1.10. The highest BCUT2D eigenvalue weighted by atomic mass is 15.0. The van der Waals surface area contributed by atoms with Crippen molar-refractivity contribution >= 4 is 52.8 Å². The lowest BCUT2D eigenvalue weighted by Gasteiger charge is -2.17. The van der Waals surface area contributed by atoms with E-state index in [9.17, 15) is 0 Å². The first-order valence-corrected chi connectivity index (χ1v) is 13.8. The third-order valence-electron chi connectivity index (χ3n) is 7.57. The van der Waals surface area contributed by atoms with Gasteiger partial charge in [-0.25, -0.2) is 0 Å². The summed E-state index contributed by atoms with van der Waals surface area (Å²) in [7, 11) is 0. The van der Waals surface area contributed by atoms with E-state index in [-0.39, 0.29) is 0 Å². The van der Waals surface area contributed by atoms with Crippen molar-refractivity contribution in [1.82, 2.24) is 4.57 Å². The van der Waals surface area contributed by atoms with Crippen molar-refractivity contribution in [3.05, 3.63) is 143 Å². The van der Waals surface area contributed by atoms with Gasteiger partial charge in [-0.3, -0.25) is 0 Å². The van der Waals surface area contributed by atoms with Crippen LogP contribution in [0.1, 0.15) is 71.1 Å². The minimum absolute atomic E-state index is 1.10. The van der Waals surface area contributed by atoms with Gasteiger partial charge in [-0.05, 0) is 114 Å². The first-order chi connectivity index (χ1) is 19.4. The van der Waals surface area contributed by atoms with E-state index in [0.717, 1.165) is 22.4 Å².